The fraction of sp³-hybridized carbons (Fsp3) is 0.514. The number of aliphatic hydroxyl groups excluding tert-OH is 5. The molecule has 4 fully saturated rings. The zero-order valence-electron chi connectivity index (χ0n) is 55.5. The summed E-state index contributed by atoms with van der Waals surface area (Å²) in [5.41, 5.74) is -5.76. The SMILES string of the molecule is CC(=O)O[C@@]12CO[C@@H]1C[C@H](O)[C@@]1(C)C(=O)[C@H](O)C3=C(C)[C@@H](OC(=O)C(O)[C@@H](NC(=O)OC(C)(C)C)c4ccccc4)C[C@@](O)([C@@H](OC(=O)c4ccccc4)[C@H]21)C3(C)C.COc1cccc2c1C(=O)c1c(O)c3c(c(O)c1C2=O)C[C@@](O)(C(=O)CO)C[C@@H]3O[C@H]1C[C@H](N)[C@H](O)[C@H](C)O1.Cl. The van der Waals surface area contributed by atoms with Gasteiger partial charge in [0, 0.05) is 67.2 Å². The number of fused-ring (bicyclic) bond motifs is 8. The minimum Gasteiger partial charge on any atom is -0.507 e. The highest BCUT2D eigenvalue weighted by atomic mass is 35.5. The van der Waals surface area contributed by atoms with Crippen LogP contribution >= 0.6 is 12.4 Å². The van der Waals surface area contributed by atoms with Crippen LogP contribution in [0, 0.1) is 16.7 Å². The molecule has 7 aliphatic rings. The maximum atomic E-state index is 14.9. The number of nitrogens with one attached hydrogen (secondary N) is 1. The normalized spacial score (nSPS) is 31.8. The molecule has 17 atom stereocenters. The molecule has 4 aromatic rings. The van der Waals surface area contributed by atoms with Gasteiger partial charge in [-0.05, 0) is 76.5 Å². The van der Waals surface area contributed by atoms with E-state index in [-0.39, 0.29) is 76.6 Å². The highest BCUT2D eigenvalue weighted by molar-refractivity contribution is 6.31. The smallest absolute Gasteiger partial charge is 0.408 e. The van der Waals surface area contributed by atoms with Gasteiger partial charge < -0.3 is 94.9 Å². The number of carbonyl (C=O) groups is 8. The number of esters is 3. The number of halogens is 1. The Morgan fingerprint density at radius 2 is 1.46 bits per heavy atom. The second-order valence-corrected chi connectivity index (χ2v) is 27.7. The number of benzene rings is 4. The van der Waals surface area contributed by atoms with Crippen molar-refractivity contribution in [1.82, 2.24) is 5.32 Å². The lowest BCUT2D eigenvalue weighted by atomic mass is 9.44. The monoisotopic (exact) mass is 1390 g/mol. The van der Waals surface area contributed by atoms with E-state index in [2.05, 4.69) is 5.32 Å². The highest BCUT2D eigenvalue weighted by Gasteiger charge is 2.78. The summed E-state index contributed by atoms with van der Waals surface area (Å²) in [7, 11) is 1.32. The Kier molecular flexibility index (Phi) is 20.8. The van der Waals surface area contributed by atoms with Crippen LogP contribution in [0.5, 0.6) is 17.2 Å². The van der Waals surface area contributed by atoms with Gasteiger partial charge in [0.1, 0.15) is 65.1 Å². The van der Waals surface area contributed by atoms with Gasteiger partial charge in [-0.1, -0.05) is 74.5 Å². The number of hydrogen-bond donors (Lipinski definition) is 11. The molecule has 2 bridgehead atoms. The number of phenolic OH excluding ortho intramolecular Hbond substituents is 2. The molecule has 12 N–H and O–H groups in total. The van der Waals surface area contributed by atoms with Crippen molar-refractivity contribution < 1.29 is 122 Å². The Morgan fingerprint density at radius 3 is 2.04 bits per heavy atom. The maximum Gasteiger partial charge on any atom is 0.408 e. The minimum absolute atomic E-state index is 0. The van der Waals surface area contributed by atoms with Crippen molar-refractivity contribution in [1.29, 1.82) is 0 Å². The molecule has 98 heavy (non-hydrogen) atoms. The number of aromatic hydroxyl groups is 2. The predicted octanol–water partition coefficient (Wildman–Crippen LogP) is 3.68. The molecule has 0 spiro atoms. The molecule has 2 heterocycles. The largest absolute Gasteiger partial charge is 0.507 e. The van der Waals surface area contributed by atoms with Crippen molar-refractivity contribution in [3.8, 4) is 17.2 Å². The first-order chi connectivity index (χ1) is 45.4. The van der Waals surface area contributed by atoms with E-state index in [1.165, 1.54) is 51.3 Å². The number of rotatable bonds is 13. The Labute approximate surface area is 569 Å². The molecular formula is C70H83ClN2O25. The minimum atomic E-state index is -2.35. The van der Waals surface area contributed by atoms with Gasteiger partial charge in [0.15, 0.2) is 35.3 Å². The second kappa shape index (κ2) is 27.4. The van der Waals surface area contributed by atoms with Crippen molar-refractivity contribution in [2.75, 3.05) is 20.3 Å². The van der Waals surface area contributed by atoms with Gasteiger partial charge >= 0.3 is 24.0 Å². The first kappa shape index (κ1) is 74.5. The highest BCUT2D eigenvalue weighted by Crippen LogP contribution is 2.64. The van der Waals surface area contributed by atoms with E-state index < -0.39 is 208 Å². The van der Waals surface area contributed by atoms with Crippen LogP contribution in [-0.2, 0) is 58.8 Å². The summed E-state index contributed by atoms with van der Waals surface area (Å²) in [6.45, 7) is 12.4. The fourth-order valence-electron chi connectivity index (χ4n) is 15.3. The van der Waals surface area contributed by atoms with Gasteiger partial charge in [0.05, 0.1) is 77.8 Å². The van der Waals surface area contributed by atoms with E-state index in [1.54, 1.807) is 90.1 Å². The van der Waals surface area contributed by atoms with Gasteiger partial charge in [-0.2, -0.15) is 0 Å². The zero-order valence-corrected chi connectivity index (χ0v) is 56.3. The van der Waals surface area contributed by atoms with Gasteiger partial charge in [0.2, 0.25) is 5.78 Å². The summed E-state index contributed by atoms with van der Waals surface area (Å²) in [6, 6.07) is 18.3. The number of ether oxygens (including phenoxy) is 8. The standard InChI is InChI=1S/C43H53NO14.C27H29NO11.ClH/c1-22-26(55-37(51)32(48)30(24-15-11-9-12-16-24)44-38(52)58-39(3,4)5)20-43(53)35(56-36(50)25-17-13-10-14-18-25)33-41(8,34(49)31(47)29(22)40(43,6)7)27(46)19-28-42(33,21-54-28)57-23(2)45;1-10-22(31)13(28)6-17(38-10)39-15-8-27(36,16(30)9-29)7-12-19(15)26(35)21-20(24(12)33)23(32)11-4-3-5-14(37-2)18(11)25(21)34;/h9-18,26-28,30-33,35,46-48,53H,19-21H2,1-8H3,(H,44,52);3-5,10,13,15,17,22,29,31,33,35-36H,6-9,28H2,1-2H3;1H/t26-,27-,28+,30-,31+,32?,33-,35-,41+,42-,43+;10-,13-,15-,17-,22+,27-;/m00./s1. The van der Waals surface area contributed by atoms with Crippen LogP contribution in [0.15, 0.2) is 90.0 Å². The van der Waals surface area contributed by atoms with E-state index in [4.69, 9.17) is 43.6 Å². The molecule has 2 aliphatic heterocycles. The number of Topliss-reactive ketones (excluding diaryl/α,β-unsaturated/α-hetero) is 2. The molecule has 0 aromatic heterocycles. The zero-order chi connectivity index (χ0) is 71.1. The third kappa shape index (κ3) is 12.7. The average molecular weight is 1390 g/mol. The van der Waals surface area contributed by atoms with Crippen molar-refractivity contribution >= 4 is 59.5 Å². The number of alkyl carbamates (subject to hydrolysis) is 1. The number of amides is 1. The Bertz CT molecular complexity index is 3850. The summed E-state index contributed by atoms with van der Waals surface area (Å²) in [5, 5.41) is 105. The van der Waals surface area contributed by atoms with E-state index in [9.17, 15) is 84.3 Å². The topological polar surface area (TPSA) is 431 Å². The molecule has 2 saturated carbocycles. The molecule has 1 unspecified atom stereocenters. The molecule has 530 valence electrons. The lowest BCUT2D eigenvalue weighted by Crippen LogP contribution is -2.81. The lowest BCUT2D eigenvalue weighted by Gasteiger charge is -2.67. The number of aliphatic hydroxyl groups is 7. The summed E-state index contributed by atoms with van der Waals surface area (Å²) >= 11 is 0. The van der Waals surface area contributed by atoms with Gasteiger partial charge in [-0.3, -0.25) is 24.0 Å². The second-order valence-electron chi connectivity index (χ2n) is 27.7. The number of carbonyl (C=O) groups excluding carboxylic acids is 8. The Morgan fingerprint density at radius 1 is 0.827 bits per heavy atom. The molecule has 28 heteroatoms. The number of phenols is 2. The summed E-state index contributed by atoms with van der Waals surface area (Å²) in [6.07, 6.45) is -16.6. The van der Waals surface area contributed by atoms with Gasteiger partial charge in [0.25, 0.3) is 0 Å². The molecular weight excluding hydrogens is 1300 g/mol. The van der Waals surface area contributed by atoms with Gasteiger partial charge in [-0.15, -0.1) is 12.4 Å². The van der Waals surface area contributed by atoms with Crippen LogP contribution in [0.1, 0.15) is 159 Å². The Balaban J connectivity index is 0.000000244. The molecule has 1 amide bonds. The quantitative estimate of drug-likeness (QED) is 0.0346. The van der Waals surface area contributed by atoms with Crippen molar-refractivity contribution in [3.05, 3.63) is 135 Å². The van der Waals surface area contributed by atoms with E-state index >= 15 is 0 Å². The number of methoxy groups -OCH3 is 1. The summed E-state index contributed by atoms with van der Waals surface area (Å²) in [4.78, 5) is 109. The third-order valence-electron chi connectivity index (χ3n) is 20.4. The van der Waals surface area contributed by atoms with Crippen molar-refractivity contribution in [2.24, 2.45) is 22.5 Å². The third-order valence-corrected chi connectivity index (χ3v) is 20.4. The van der Waals surface area contributed by atoms with Crippen LogP contribution in [0.3, 0.4) is 0 Å². The molecule has 5 aliphatic carbocycles. The van der Waals surface area contributed by atoms with E-state index in [0.717, 1.165) is 6.92 Å². The van der Waals surface area contributed by atoms with Crippen LogP contribution in [0.4, 0.5) is 4.79 Å². The first-order valence-corrected chi connectivity index (χ1v) is 31.7. The number of nitrogens with two attached hydrogens (primary N) is 1. The van der Waals surface area contributed by atoms with E-state index in [0.29, 0.717) is 5.56 Å². The number of ketones is 4. The van der Waals surface area contributed by atoms with Crippen LogP contribution in [0.2, 0.25) is 0 Å². The van der Waals surface area contributed by atoms with Crippen molar-refractivity contribution in [2.45, 2.75) is 190 Å². The first-order valence-electron chi connectivity index (χ1n) is 31.7. The summed E-state index contributed by atoms with van der Waals surface area (Å²) < 4.78 is 46.5. The molecule has 4 aromatic carbocycles. The van der Waals surface area contributed by atoms with E-state index in [1.807, 2.05) is 0 Å². The number of hydrogen-bond acceptors (Lipinski definition) is 26. The maximum absolute atomic E-state index is 14.9. The summed E-state index contributed by atoms with van der Waals surface area (Å²) in [5.74, 6) is -9.14. The lowest BCUT2D eigenvalue weighted by molar-refractivity contribution is -0.346. The fourth-order valence-corrected chi connectivity index (χ4v) is 15.3. The van der Waals surface area contributed by atoms with Crippen molar-refractivity contribution in [3.63, 3.8) is 0 Å². The van der Waals surface area contributed by atoms with Crippen LogP contribution in [0.25, 0.3) is 0 Å². The average Bonchev–Trinajstić information content (AvgIpc) is 0.674. The van der Waals surface area contributed by atoms with Crippen LogP contribution < -0.4 is 15.8 Å². The molecule has 2 saturated heterocycles. The van der Waals surface area contributed by atoms with Gasteiger partial charge in [-0.25, -0.2) is 14.4 Å². The Hall–Kier alpha value is -7.77. The molecule has 27 nitrogen and oxygen atoms in total. The molecule has 0 radical (unpaired) electrons. The molecule has 11 rings (SSSR count). The van der Waals surface area contributed by atoms with Crippen LogP contribution in [-0.4, -0.2) is 197 Å². The predicted molar refractivity (Wildman–Crippen MR) is 343 cm³/mol.